The van der Waals surface area contributed by atoms with Gasteiger partial charge in [0.2, 0.25) is 0 Å². The van der Waals surface area contributed by atoms with Crippen LogP contribution in [0.2, 0.25) is 0 Å². The second-order valence-corrected chi connectivity index (χ2v) is 3.47. The van der Waals surface area contributed by atoms with Crippen LogP contribution in [0, 0.1) is 0 Å². The molecular weight excluding hydrogens is 248 g/mol. The number of phenolic OH excluding ortho intramolecular Hbond substituents is 1. The van der Waals surface area contributed by atoms with Crippen LogP contribution in [0.15, 0.2) is 33.5 Å². The van der Waals surface area contributed by atoms with Crippen LogP contribution in [-0.2, 0) is 5.33 Å². The first-order valence-corrected chi connectivity index (χ1v) is 5.14. The van der Waals surface area contributed by atoms with Gasteiger partial charge in [-0.05, 0) is 17.7 Å². The van der Waals surface area contributed by atoms with Crippen molar-refractivity contribution in [3.05, 3.63) is 40.2 Å². The van der Waals surface area contributed by atoms with Gasteiger partial charge in [0.15, 0.2) is 0 Å². The molecule has 0 unspecified atom stereocenters. The van der Waals surface area contributed by atoms with Crippen molar-refractivity contribution in [3.63, 3.8) is 0 Å². The summed E-state index contributed by atoms with van der Waals surface area (Å²) in [7, 11) is 0. The summed E-state index contributed by atoms with van der Waals surface area (Å²) < 4.78 is 4.95. The summed E-state index contributed by atoms with van der Waals surface area (Å²) in [4.78, 5) is 11.1. The molecular formula is C10H7BrO3. The molecule has 0 radical (unpaired) electrons. The van der Waals surface area contributed by atoms with Gasteiger partial charge < -0.3 is 9.52 Å². The number of rotatable bonds is 1. The molecule has 0 amide bonds. The Hall–Kier alpha value is -1.29. The molecule has 4 heteroatoms. The van der Waals surface area contributed by atoms with E-state index in [1.54, 1.807) is 12.1 Å². The first-order chi connectivity index (χ1) is 6.70. The molecule has 0 spiro atoms. The van der Waals surface area contributed by atoms with Gasteiger partial charge in [0.05, 0.1) is 0 Å². The fourth-order valence-electron chi connectivity index (χ4n) is 1.33. The number of phenols is 1. The van der Waals surface area contributed by atoms with Crippen molar-refractivity contribution in [1.82, 2.24) is 0 Å². The normalized spacial score (nSPS) is 10.6. The maximum absolute atomic E-state index is 11.1. The lowest BCUT2D eigenvalue weighted by Gasteiger charge is -2.01. The molecule has 1 aromatic heterocycles. The fraction of sp³-hybridized carbons (Fsp3) is 0.100. The second-order valence-electron chi connectivity index (χ2n) is 2.90. The predicted octanol–water partition coefficient (Wildman–Crippen LogP) is 2.39. The van der Waals surface area contributed by atoms with E-state index in [1.165, 1.54) is 12.1 Å². The van der Waals surface area contributed by atoms with Gasteiger partial charge in [-0.2, -0.15) is 0 Å². The van der Waals surface area contributed by atoms with Crippen LogP contribution in [0.1, 0.15) is 5.56 Å². The Bertz CT molecular complexity index is 530. The highest BCUT2D eigenvalue weighted by molar-refractivity contribution is 9.08. The summed E-state index contributed by atoms with van der Waals surface area (Å²) in [6.07, 6.45) is 0. The average molecular weight is 255 g/mol. The number of aromatic hydroxyl groups is 1. The number of alkyl halides is 1. The van der Waals surface area contributed by atoms with E-state index in [4.69, 9.17) is 4.42 Å². The Morgan fingerprint density at radius 1 is 1.36 bits per heavy atom. The minimum Gasteiger partial charge on any atom is -0.508 e. The molecule has 0 aliphatic carbocycles. The Kier molecular flexibility index (Phi) is 2.29. The van der Waals surface area contributed by atoms with Crippen molar-refractivity contribution < 1.29 is 9.52 Å². The third-order valence-corrected chi connectivity index (χ3v) is 2.56. The minimum absolute atomic E-state index is 0.0902. The van der Waals surface area contributed by atoms with Crippen molar-refractivity contribution in [2.45, 2.75) is 5.33 Å². The van der Waals surface area contributed by atoms with Crippen LogP contribution in [-0.4, -0.2) is 5.11 Å². The highest BCUT2D eigenvalue weighted by Crippen LogP contribution is 2.22. The molecule has 72 valence electrons. The zero-order valence-electron chi connectivity index (χ0n) is 7.16. The molecule has 3 nitrogen and oxygen atoms in total. The first-order valence-electron chi connectivity index (χ1n) is 4.02. The zero-order chi connectivity index (χ0) is 10.1. The van der Waals surface area contributed by atoms with Gasteiger partial charge in [-0.15, -0.1) is 0 Å². The third kappa shape index (κ3) is 1.53. The molecule has 1 N–H and O–H groups in total. The Morgan fingerprint density at radius 3 is 2.86 bits per heavy atom. The molecule has 0 aliphatic heterocycles. The summed E-state index contributed by atoms with van der Waals surface area (Å²) >= 11 is 3.29. The summed E-state index contributed by atoms with van der Waals surface area (Å²) in [5.74, 6) is 0.0902. The quantitative estimate of drug-likeness (QED) is 0.628. The van der Waals surface area contributed by atoms with Gasteiger partial charge in [-0.1, -0.05) is 15.9 Å². The van der Waals surface area contributed by atoms with E-state index < -0.39 is 5.63 Å². The van der Waals surface area contributed by atoms with Gasteiger partial charge in [-0.3, -0.25) is 0 Å². The smallest absolute Gasteiger partial charge is 0.336 e. The number of halogens is 1. The minimum atomic E-state index is -0.405. The van der Waals surface area contributed by atoms with Gasteiger partial charge in [0, 0.05) is 22.8 Å². The van der Waals surface area contributed by atoms with Gasteiger partial charge >= 0.3 is 5.63 Å². The molecule has 0 saturated carbocycles. The van der Waals surface area contributed by atoms with Gasteiger partial charge in [0.1, 0.15) is 11.3 Å². The van der Waals surface area contributed by atoms with Crippen molar-refractivity contribution >= 4 is 26.9 Å². The summed E-state index contributed by atoms with van der Waals surface area (Å²) in [6.45, 7) is 0. The Morgan fingerprint density at radius 2 is 2.14 bits per heavy atom. The molecule has 0 fully saturated rings. The molecule has 2 aromatic rings. The van der Waals surface area contributed by atoms with Crippen molar-refractivity contribution in [1.29, 1.82) is 0 Å². The molecule has 2 rings (SSSR count). The molecule has 0 saturated heterocycles. The highest BCUT2D eigenvalue weighted by Gasteiger charge is 2.04. The number of fused-ring (bicyclic) bond motifs is 1. The van der Waals surface area contributed by atoms with Crippen LogP contribution in [0.3, 0.4) is 0 Å². The third-order valence-electron chi connectivity index (χ3n) is 1.96. The van der Waals surface area contributed by atoms with E-state index >= 15 is 0 Å². The molecule has 1 aromatic carbocycles. The summed E-state index contributed by atoms with van der Waals surface area (Å²) in [5, 5.41) is 10.6. The van der Waals surface area contributed by atoms with Gasteiger partial charge in [0.25, 0.3) is 0 Å². The SMILES string of the molecule is O=c1cc(CBr)c2ccc(O)cc2o1. The maximum atomic E-state index is 11.1. The van der Waals surface area contributed by atoms with Crippen molar-refractivity contribution in [2.75, 3.05) is 0 Å². The fourth-order valence-corrected chi connectivity index (χ4v) is 1.79. The second kappa shape index (κ2) is 3.46. The van der Waals surface area contributed by atoms with Crippen LogP contribution >= 0.6 is 15.9 Å². The number of hydrogen-bond acceptors (Lipinski definition) is 3. The number of hydrogen-bond donors (Lipinski definition) is 1. The van der Waals surface area contributed by atoms with E-state index in [-0.39, 0.29) is 5.75 Å². The van der Waals surface area contributed by atoms with E-state index in [0.29, 0.717) is 10.9 Å². The number of benzene rings is 1. The van der Waals surface area contributed by atoms with E-state index in [2.05, 4.69) is 15.9 Å². The lowest BCUT2D eigenvalue weighted by atomic mass is 10.1. The van der Waals surface area contributed by atoms with Crippen molar-refractivity contribution in [2.24, 2.45) is 0 Å². The largest absolute Gasteiger partial charge is 0.508 e. The zero-order valence-corrected chi connectivity index (χ0v) is 8.74. The monoisotopic (exact) mass is 254 g/mol. The van der Waals surface area contributed by atoms with Crippen LogP contribution in [0.25, 0.3) is 11.0 Å². The lowest BCUT2D eigenvalue weighted by molar-refractivity contribution is 0.473. The average Bonchev–Trinajstić information content (AvgIpc) is 2.15. The van der Waals surface area contributed by atoms with Gasteiger partial charge in [-0.25, -0.2) is 4.79 Å². The van der Waals surface area contributed by atoms with E-state index in [9.17, 15) is 9.90 Å². The Balaban J connectivity index is 2.87. The van der Waals surface area contributed by atoms with E-state index in [1.807, 2.05) is 0 Å². The first kappa shape index (κ1) is 9.27. The Labute approximate surface area is 88.1 Å². The maximum Gasteiger partial charge on any atom is 0.336 e. The molecule has 1 heterocycles. The van der Waals surface area contributed by atoms with Crippen molar-refractivity contribution in [3.8, 4) is 5.75 Å². The summed E-state index contributed by atoms with van der Waals surface area (Å²) in [5.41, 5.74) is 0.862. The summed E-state index contributed by atoms with van der Waals surface area (Å²) in [6, 6.07) is 6.16. The predicted molar refractivity (Wildman–Crippen MR) is 56.8 cm³/mol. The van der Waals surface area contributed by atoms with Crippen LogP contribution < -0.4 is 5.63 Å². The molecule has 14 heavy (non-hydrogen) atoms. The standard InChI is InChI=1S/C10H7BrO3/c11-5-6-3-10(13)14-9-4-7(12)1-2-8(6)9/h1-4,12H,5H2. The van der Waals surface area contributed by atoms with E-state index in [0.717, 1.165) is 10.9 Å². The van der Waals surface area contributed by atoms with Crippen LogP contribution in [0.5, 0.6) is 5.75 Å². The lowest BCUT2D eigenvalue weighted by Crippen LogP contribution is -1.98. The molecule has 0 aliphatic rings. The topological polar surface area (TPSA) is 50.4 Å². The highest BCUT2D eigenvalue weighted by atomic mass is 79.9. The van der Waals surface area contributed by atoms with Crippen LogP contribution in [0.4, 0.5) is 0 Å². The molecule has 0 atom stereocenters. The molecule has 0 bridgehead atoms.